The van der Waals surface area contributed by atoms with Crippen molar-refractivity contribution in [1.29, 1.82) is 0 Å². The molecule has 3 unspecified atom stereocenters. The molecule has 0 radical (unpaired) electrons. The number of aliphatic carboxylic acids is 1. The number of hydrogen-bond donors (Lipinski definition) is 5. The van der Waals surface area contributed by atoms with E-state index in [1.807, 2.05) is 6.07 Å². The predicted octanol–water partition coefficient (Wildman–Crippen LogP) is 2.14. The lowest BCUT2D eigenvalue weighted by Crippen LogP contribution is -2.31. The number of aromatic nitrogens is 4. The van der Waals surface area contributed by atoms with E-state index in [9.17, 15) is 28.5 Å². The number of carbonyl (C=O) groups excluding carboxylic acids is 1. The van der Waals surface area contributed by atoms with E-state index < -0.39 is 77.4 Å². The number of amides is 2. The number of carboxylic acids is 1. The van der Waals surface area contributed by atoms with Crippen LogP contribution in [0.15, 0.2) is 43.0 Å². The highest BCUT2D eigenvalue weighted by atomic mass is 31.3. The van der Waals surface area contributed by atoms with Crippen LogP contribution in [0.2, 0.25) is 0 Å². The fraction of sp³-hybridized carbons (Fsp3) is 0.435. The van der Waals surface area contributed by atoms with Gasteiger partial charge in [0.1, 0.15) is 24.6 Å². The Morgan fingerprint density at radius 3 is 2.53 bits per heavy atom. The molecule has 5 rings (SSSR count). The van der Waals surface area contributed by atoms with Gasteiger partial charge in [0, 0.05) is 12.1 Å². The minimum Gasteiger partial charge on any atom is -0.481 e. The number of carboxylic acid groups (broad SMARTS) is 1. The SMILES string of the molecule is CCNC(=O)Nc1ncnc2c1ncn2[C@@H]1O[C@H](COP(=O)(O)OP(=O)(O)CCC(=O)O)C2O[C@H](c3ccccc3)O[C@@H]21. The Morgan fingerprint density at radius 2 is 1.81 bits per heavy atom. The first-order valence-corrected chi connectivity index (χ1v) is 16.2. The van der Waals surface area contributed by atoms with Crippen LogP contribution in [-0.2, 0) is 37.0 Å². The van der Waals surface area contributed by atoms with Gasteiger partial charge < -0.3 is 34.4 Å². The van der Waals surface area contributed by atoms with Crippen LogP contribution in [0.4, 0.5) is 10.6 Å². The quantitative estimate of drug-likeness (QED) is 0.178. The van der Waals surface area contributed by atoms with Crippen molar-refractivity contribution in [1.82, 2.24) is 24.8 Å². The molecule has 43 heavy (non-hydrogen) atoms. The van der Waals surface area contributed by atoms with Crippen molar-refractivity contribution in [2.75, 3.05) is 24.6 Å². The summed E-state index contributed by atoms with van der Waals surface area (Å²) in [6.07, 6.45) is -3.57. The number of rotatable bonds is 12. The molecule has 2 amide bonds. The Morgan fingerprint density at radius 1 is 1.07 bits per heavy atom. The predicted molar refractivity (Wildman–Crippen MR) is 145 cm³/mol. The average molecular weight is 642 g/mol. The molecule has 2 aliphatic heterocycles. The summed E-state index contributed by atoms with van der Waals surface area (Å²) in [5.74, 6) is -1.25. The maximum absolute atomic E-state index is 12.5. The van der Waals surface area contributed by atoms with E-state index in [0.717, 1.165) is 0 Å². The van der Waals surface area contributed by atoms with Crippen molar-refractivity contribution in [3.05, 3.63) is 48.5 Å². The topological polar surface area (TPSA) is 243 Å². The molecule has 0 spiro atoms. The number of phosphoric acid groups is 1. The van der Waals surface area contributed by atoms with Crippen LogP contribution < -0.4 is 10.6 Å². The third-order valence-corrected chi connectivity index (χ3v) is 9.47. The number of nitrogens with one attached hydrogen (secondary N) is 2. The van der Waals surface area contributed by atoms with E-state index in [-0.39, 0.29) is 17.0 Å². The van der Waals surface area contributed by atoms with Gasteiger partial charge in [-0.2, -0.15) is 0 Å². The fourth-order valence-corrected chi connectivity index (χ4v) is 7.15. The monoisotopic (exact) mass is 642 g/mol. The molecule has 0 bridgehead atoms. The molecule has 2 fully saturated rings. The van der Waals surface area contributed by atoms with Crippen molar-refractivity contribution in [2.45, 2.75) is 44.2 Å². The molecular formula is C23H28N6O12P2. The van der Waals surface area contributed by atoms with E-state index >= 15 is 0 Å². The van der Waals surface area contributed by atoms with Crippen LogP contribution in [0.5, 0.6) is 0 Å². The number of ether oxygens (including phenoxy) is 3. The second kappa shape index (κ2) is 12.7. The zero-order valence-corrected chi connectivity index (χ0v) is 24.2. The summed E-state index contributed by atoms with van der Waals surface area (Å²) in [4.78, 5) is 55.4. The molecule has 20 heteroatoms. The fourth-order valence-electron chi connectivity index (χ4n) is 4.53. The van der Waals surface area contributed by atoms with Crippen molar-refractivity contribution in [3.63, 3.8) is 0 Å². The number of carbonyl (C=O) groups is 2. The van der Waals surface area contributed by atoms with Gasteiger partial charge in [-0.1, -0.05) is 30.3 Å². The van der Waals surface area contributed by atoms with E-state index in [1.54, 1.807) is 31.2 Å². The average Bonchev–Trinajstić information content (AvgIpc) is 3.66. The van der Waals surface area contributed by atoms with Crippen molar-refractivity contribution in [3.8, 4) is 0 Å². The number of imidazole rings is 1. The van der Waals surface area contributed by atoms with E-state index in [4.69, 9.17) is 23.8 Å². The van der Waals surface area contributed by atoms with Crippen LogP contribution in [0.3, 0.4) is 0 Å². The second-order valence-electron chi connectivity index (χ2n) is 9.39. The molecule has 232 valence electrons. The molecule has 2 saturated heterocycles. The third kappa shape index (κ3) is 7.26. The Kier molecular flexibility index (Phi) is 9.22. The van der Waals surface area contributed by atoms with Crippen LogP contribution in [0.25, 0.3) is 11.2 Å². The Hall–Kier alpha value is -3.31. The summed E-state index contributed by atoms with van der Waals surface area (Å²) in [6.45, 7) is 1.51. The molecule has 4 heterocycles. The Labute approximate surface area is 243 Å². The number of hydrogen-bond acceptors (Lipinski definition) is 12. The van der Waals surface area contributed by atoms with Gasteiger partial charge in [-0.25, -0.2) is 28.6 Å². The smallest absolute Gasteiger partial charge is 0.479 e. The molecule has 2 aromatic heterocycles. The lowest BCUT2D eigenvalue weighted by atomic mass is 10.1. The first kappa shape index (κ1) is 31.1. The maximum Gasteiger partial charge on any atom is 0.479 e. The van der Waals surface area contributed by atoms with Crippen LogP contribution in [-0.4, -0.2) is 84.0 Å². The minimum absolute atomic E-state index is 0.143. The summed E-state index contributed by atoms with van der Waals surface area (Å²) in [7, 11) is -9.93. The van der Waals surface area contributed by atoms with Crippen molar-refractivity contribution in [2.24, 2.45) is 0 Å². The van der Waals surface area contributed by atoms with Gasteiger partial charge in [0.15, 0.2) is 29.5 Å². The Balaban J connectivity index is 1.38. The molecule has 2 aliphatic rings. The minimum atomic E-state index is -5.15. The summed E-state index contributed by atoms with van der Waals surface area (Å²) < 4.78 is 54.0. The summed E-state index contributed by atoms with van der Waals surface area (Å²) in [5, 5.41) is 13.9. The molecule has 0 aliphatic carbocycles. The molecular weight excluding hydrogens is 614 g/mol. The first-order chi connectivity index (χ1) is 20.5. The zero-order valence-electron chi connectivity index (χ0n) is 22.5. The standard InChI is InChI=1S/C23H28N6O12P2/c1-2-24-23(32)28-19-16-20(26-11-25-19)29(12-27-16)21-18-17(39-22(40-18)13-6-4-3-5-7-13)14(38-21)10-37-43(35,36)41-42(33,34)9-8-15(30)31/h3-7,11-12,14,17-18,21-22H,2,8-10H2,1H3,(H,30,31)(H,33,34)(H,35,36)(H2,24,25,26,28,32)/t14-,17?,18+,21-,22+/m1/s1. The van der Waals surface area contributed by atoms with E-state index in [0.29, 0.717) is 12.1 Å². The summed E-state index contributed by atoms with van der Waals surface area (Å²) in [5.41, 5.74) is 1.22. The van der Waals surface area contributed by atoms with Crippen molar-refractivity contribution < 1.29 is 56.7 Å². The van der Waals surface area contributed by atoms with Crippen LogP contribution >= 0.6 is 15.4 Å². The van der Waals surface area contributed by atoms with E-state index in [2.05, 4.69) is 29.9 Å². The van der Waals surface area contributed by atoms with Gasteiger partial charge in [-0.3, -0.25) is 23.8 Å². The van der Waals surface area contributed by atoms with Gasteiger partial charge in [-0.15, -0.1) is 0 Å². The maximum atomic E-state index is 12.5. The van der Waals surface area contributed by atoms with Gasteiger partial charge in [0.2, 0.25) is 0 Å². The number of urea groups is 1. The molecule has 3 aromatic rings. The Bertz CT molecular complexity index is 1570. The van der Waals surface area contributed by atoms with Crippen LogP contribution in [0.1, 0.15) is 31.4 Å². The number of nitrogens with zero attached hydrogens (tertiary/aromatic N) is 4. The molecule has 1 aromatic carbocycles. The highest BCUT2D eigenvalue weighted by Gasteiger charge is 2.54. The van der Waals surface area contributed by atoms with Gasteiger partial charge in [0.25, 0.3) is 0 Å². The third-order valence-electron chi connectivity index (χ3n) is 6.36. The largest absolute Gasteiger partial charge is 0.481 e. The highest BCUT2D eigenvalue weighted by Crippen LogP contribution is 2.60. The molecule has 5 N–H and O–H groups in total. The number of phosphoric ester groups is 1. The lowest BCUT2D eigenvalue weighted by molar-refractivity contribution is -0.152. The first-order valence-electron chi connectivity index (χ1n) is 12.9. The van der Waals surface area contributed by atoms with E-state index in [1.165, 1.54) is 17.2 Å². The molecule has 18 nitrogen and oxygen atoms in total. The number of anilines is 1. The second-order valence-corrected chi connectivity index (χ2v) is 13.0. The summed E-state index contributed by atoms with van der Waals surface area (Å²) >= 11 is 0. The zero-order chi connectivity index (χ0) is 30.8. The van der Waals surface area contributed by atoms with Gasteiger partial charge in [0.05, 0.1) is 25.5 Å². The molecule has 0 saturated carbocycles. The molecule has 7 atom stereocenters. The number of fused-ring (bicyclic) bond motifs is 2. The van der Waals surface area contributed by atoms with Gasteiger partial charge in [-0.05, 0) is 6.92 Å². The lowest BCUT2D eigenvalue weighted by Gasteiger charge is -2.22. The highest BCUT2D eigenvalue weighted by molar-refractivity contribution is 7.64. The van der Waals surface area contributed by atoms with Gasteiger partial charge >= 0.3 is 27.4 Å². The number of benzene rings is 1. The van der Waals surface area contributed by atoms with Crippen molar-refractivity contribution >= 4 is 44.4 Å². The normalized spacial score (nSPS) is 26.0. The summed E-state index contributed by atoms with van der Waals surface area (Å²) in [6, 6.07) is 8.50. The van der Waals surface area contributed by atoms with Crippen LogP contribution in [0, 0.1) is 0 Å².